The minimum Gasteiger partial charge on any atom is -0.447 e. The third kappa shape index (κ3) is 5.60. The minimum absolute atomic E-state index is 0.181. The third-order valence-electron chi connectivity index (χ3n) is 6.30. The highest BCUT2D eigenvalue weighted by Gasteiger charge is 2.31. The standard InChI is InChI=1S/C26H25F3N6O2S/c1-2-33-11-13-34(14-12-33)24(36)21-16-37-22(30-21)17-38-25-32-31-23(18-7-4-3-5-8-18)35(25)20-10-6-9-19(15-20)26(27,28)29/h3-10,15-16H,2,11-14,17H2,1H3. The number of piperazine rings is 1. The van der Waals surface area contributed by atoms with Gasteiger partial charge in [0.05, 0.1) is 17.0 Å². The smallest absolute Gasteiger partial charge is 0.416 e. The molecule has 1 amide bonds. The van der Waals surface area contributed by atoms with E-state index in [-0.39, 0.29) is 23.0 Å². The van der Waals surface area contributed by atoms with Crippen molar-refractivity contribution in [2.45, 2.75) is 24.0 Å². The highest BCUT2D eigenvalue weighted by molar-refractivity contribution is 7.98. The molecule has 3 heterocycles. The van der Waals surface area contributed by atoms with E-state index in [4.69, 9.17) is 4.42 Å². The lowest BCUT2D eigenvalue weighted by Crippen LogP contribution is -2.48. The fourth-order valence-corrected chi connectivity index (χ4v) is 5.03. The highest BCUT2D eigenvalue weighted by Crippen LogP contribution is 2.34. The molecule has 0 atom stereocenters. The van der Waals surface area contributed by atoms with Crippen LogP contribution in [-0.4, -0.2) is 68.2 Å². The average molecular weight is 543 g/mol. The summed E-state index contributed by atoms with van der Waals surface area (Å²) >= 11 is 1.21. The zero-order valence-electron chi connectivity index (χ0n) is 20.6. The summed E-state index contributed by atoms with van der Waals surface area (Å²) in [5.41, 5.74) is 0.446. The number of thioether (sulfide) groups is 1. The van der Waals surface area contributed by atoms with Crippen LogP contribution in [0.15, 0.2) is 70.4 Å². The molecule has 8 nitrogen and oxygen atoms in total. The summed E-state index contributed by atoms with van der Waals surface area (Å²) in [4.78, 5) is 21.2. The minimum atomic E-state index is -4.49. The van der Waals surface area contributed by atoms with Crippen LogP contribution >= 0.6 is 11.8 Å². The molecule has 0 radical (unpaired) electrons. The summed E-state index contributed by atoms with van der Waals surface area (Å²) in [6, 6.07) is 14.1. The lowest BCUT2D eigenvalue weighted by Gasteiger charge is -2.33. The summed E-state index contributed by atoms with van der Waals surface area (Å²) in [5.74, 6) is 0.745. The molecule has 2 aromatic carbocycles. The van der Waals surface area contributed by atoms with Crippen LogP contribution in [0.3, 0.4) is 0 Å². The van der Waals surface area contributed by atoms with E-state index in [9.17, 15) is 18.0 Å². The molecule has 12 heteroatoms. The van der Waals surface area contributed by atoms with Gasteiger partial charge in [0.25, 0.3) is 5.91 Å². The van der Waals surface area contributed by atoms with Gasteiger partial charge in [-0.05, 0) is 24.7 Å². The van der Waals surface area contributed by atoms with Crippen molar-refractivity contribution in [3.05, 3.63) is 78.0 Å². The van der Waals surface area contributed by atoms with Crippen LogP contribution in [0.4, 0.5) is 13.2 Å². The number of rotatable bonds is 7. The van der Waals surface area contributed by atoms with Gasteiger partial charge >= 0.3 is 6.18 Å². The van der Waals surface area contributed by atoms with E-state index in [1.54, 1.807) is 15.5 Å². The molecule has 0 bridgehead atoms. The maximum atomic E-state index is 13.4. The molecule has 1 aliphatic rings. The van der Waals surface area contributed by atoms with Gasteiger partial charge in [-0.25, -0.2) is 4.98 Å². The molecular formula is C26H25F3N6O2S. The fourth-order valence-electron chi connectivity index (χ4n) is 4.22. The lowest BCUT2D eigenvalue weighted by atomic mass is 10.1. The Labute approximate surface area is 221 Å². The topological polar surface area (TPSA) is 80.3 Å². The Morgan fingerprint density at radius 2 is 1.79 bits per heavy atom. The van der Waals surface area contributed by atoms with Crippen molar-refractivity contribution >= 4 is 17.7 Å². The largest absolute Gasteiger partial charge is 0.447 e. The van der Waals surface area contributed by atoms with Crippen LogP contribution in [0.25, 0.3) is 17.1 Å². The van der Waals surface area contributed by atoms with Crippen molar-refractivity contribution in [1.29, 1.82) is 0 Å². The molecular weight excluding hydrogens is 517 g/mol. The van der Waals surface area contributed by atoms with Crippen LogP contribution in [0, 0.1) is 0 Å². The summed E-state index contributed by atoms with van der Waals surface area (Å²) in [6.07, 6.45) is -3.15. The number of aromatic nitrogens is 4. The molecule has 2 aromatic heterocycles. The number of alkyl halides is 3. The molecule has 0 spiro atoms. The van der Waals surface area contributed by atoms with Crippen LogP contribution in [0.1, 0.15) is 28.9 Å². The molecule has 5 rings (SSSR count). The maximum Gasteiger partial charge on any atom is 0.416 e. The van der Waals surface area contributed by atoms with Gasteiger partial charge in [0, 0.05) is 31.7 Å². The van der Waals surface area contributed by atoms with E-state index in [1.165, 1.54) is 24.1 Å². The Bertz CT molecular complexity index is 1400. The van der Waals surface area contributed by atoms with Gasteiger partial charge in [0.2, 0.25) is 5.89 Å². The molecule has 0 aliphatic carbocycles. The van der Waals surface area contributed by atoms with Crippen molar-refractivity contribution in [2.75, 3.05) is 32.7 Å². The lowest BCUT2D eigenvalue weighted by molar-refractivity contribution is -0.137. The summed E-state index contributed by atoms with van der Waals surface area (Å²) < 4.78 is 47.5. The van der Waals surface area contributed by atoms with Crippen LogP contribution in [0.2, 0.25) is 0 Å². The molecule has 1 fully saturated rings. The van der Waals surface area contributed by atoms with Gasteiger partial charge in [0.15, 0.2) is 16.7 Å². The number of oxazole rings is 1. The van der Waals surface area contributed by atoms with Crippen molar-refractivity contribution in [1.82, 2.24) is 29.5 Å². The highest BCUT2D eigenvalue weighted by atomic mass is 32.2. The van der Waals surface area contributed by atoms with E-state index in [2.05, 4.69) is 27.0 Å². The van der Waals surface area contributed by atoms with Gasteiger partial charge in [-0.15, -0.1) is 10.2 Å². The van der Waals surface area contributed by atoms with E-state index >= 15 is 0 Å². The molecule has 0 unspecified atom stereocenters. The molecule has 38 heavy (non-hydrogen) atoms. The van der Waals surface area contributed by atoms with E-state index in [0.717, 1.165) is 31.8 Å². The first-order valence-corrected chi connectivity index (χ1v) is 13.1. The van der Waals surface area contributed by atoms with E-state index in [0.29, 0.717) is 35.5 Å². The number of halogens is 3. The van der Waals surface area contributed by atoms with Gasteiger partial charge in [-0.3, -0.25) is 9.36 Å². The quantitative estimate of drug-likeness (QED) is 0.304. The SMILES string of the molecule is CCN1CCN(C(=O)c2coc(CSc3nnc(-c4ccccc4)n3-c3cccc(C(F)(F)F)c3)n2)CC1. The van der Waals surface area contributed by atoms with Crippen LogP contribution in [-0.2, 0) is 11.9 Å². The van der Waals surface area contributed by atoms with Crippen molar-refractivity contribution < 1.29 is 22.4 Å². The van der Waals surface area contributed by atoms with Gasteiger partial charge in [0.1, 0.15) is 6.26 Å². The number of hydrogen-bond donors (Lipinski definition) is 0. The zero-order chi connectivity index (χ0) is 26.7. The first-order valence-electron chi connectivity index (χ1n) is 12.1. The summed E-state index contributed by atoms with van der Waals surface area (Å²) in [6.45, 7) is 5.94. The normalized spacial score (nSPS) is 14.7. The average Bonchev–Trinajstić information content (AvgIpc) is 3.59. The maximum absolute atomic E-state index is 13.4. The van der Waals surface area contributed by atoms with E-state index < -0.39 is 11.7 Å². The fraction of sp³-hybridized carbons (Fsp3) is 0.308. The Morgan fingerprint density at radius 1 is 1.03 bits per heavy atom. The second-order valence-electron chi connectivity index (χ2n) is 8.70. The molecule has 0 saturated carbocycles. The molecule has 1 aliphatic heterocycles. The number of carbonyl (C=O) groups is 1. The van der Waals surface area contributed by atoms with Gasteiger partial charge < -0.3 is 14.2 Å². The Morgan fingerprint density at radius 3 is 2.50 bits per heavy atom. The van der Waals surface area contributed by atoms with Crippen molar-refractivity contribution in [2.24, 2.45) is 0 Å². The van der Waals surface area contributed by atoms with Crippen LogP contribution < -0.4 is 0 Å². The number of hydrogen-bond acceptors (Lipinski definition) is 7. The summed E-state index contributed by atoms with van der Waals surface area (Å²) in [5, 5.41) is 8.89. The van der Waals surface area contributed by atoms with Gasteiger partial charge in [-0.2, -0.15) is 13.2 Å². The first kappa shape index (κ1) is 26.0. The number of likely N-dealkylation sites (N-methyl/N-ethyl adjacent to an activating group) is 1. The Balaban J connectivity index is 1.38. The van der Waals surface area contributed by atoms with Gasteiger partial charge in [-0.1, -0.05) is 55.1 Å². The van der Waals surface area contributed by atoms with E-state index in [1.807, 2.05) is 30.3 Å². The number of amides is 1. The summed E-state index contributed by atoms with van der Waals surface area (Å²) in [7, 11) is 0. The zero-order valence-corrected chi connectivity index (χ0v) is 21.4. The van der Waals surface area contributed by atoms with Crippen LogP contribution in [0.5, 0.6) is 0 Å². The number of benzene rings is 2. The molecule has 0 N–H and O–H groups in total. The molecule has 198 valence electrons. The van der Waals surface area contributed by atoms with Crippen molar-refractivity contribution in [3.63, 3.8) is 0 Å². The third-order valence-corrected chi connectivity index (χ3v) is 7.21. The number of nitrogens with zero attached hydrogens (tertiary/aromatic N) is 6. The second kappa shape index (κ2) is 11.0. The predicted molar refractivity (Wildman–Crippen MR) is 136 cm³/mol. The Kier molecular flexibility index (Phi) is 7.52. The van der Waals surface area contributed by atoms with Crippen molar-refractivity contribution in [3.8, 4) is 17.1 Å². The second-order valence-corrected chi connectivity index (χ2v) is 9.64. The number of carbonyl (C=O) groups excluding carboxylic acids is 1. The predicted octanol–water partition coefficient (Wildman–Crippen LogP) is 5.01. The molecule has 1 saturated heterocycles. The first-order chi connectivity index (χ1) is 18.3. The Hall–Kier alpha value is -3.64. The molecule has 4 aromatic rings. The monoisotopic (exact) mass is 542 g/mol.